The van der Waals surface area contributed by atoms with Crippen LogP contribution < -0.4 is 5.32 Å². The highest BCUT2D eigenvalue weighted by Gasteiger charge is 2.40. The van der Waals surface area contributed by atoms with Gasteiger partial charge in [-0.25, -0.2) is 0 Å². The van der Waals surface area contributed by atoms with Gasteiger partial charge in [-0.05, 0) is 18.8 Å². The molecule has 0 aromatic carbocycles. The van der Waals surface area contributed by atoms with Crippen molar-refractivity contribution < 1.29 is 14.3 Å². The van der Waals surface area contributed by atoms with Gasteiger partial charge in [-0.1, -0.05) is 0 Å². The number of nitrogens with one attached hydrogen (secondary N) is 1. The lowest BCUT2D eigenvalue weighted by molar-refractivity contribution is -0.134. The van der Waals surface area contributed by atoms with E-state index in [9.17, 15) is 9.59 Å². The van der Waals surface area contributed by atoms with Crippen molar-refractivity contribution >= 4 is 11.8 Å². The van der Waals surface area contributed by atoms with Gasteiger partial charge in [0.2, 0.25) is 11.8 Å². The molecule has 1 aliphatic heterocycles. The maximum atomic E-state index is 12.1. The number of hydrogen-bond donors (Lipinski definition) is 1. The highest BCUT2D eigenvalue weighted by Crippen LogP contribution is 2.34. The molecule has 1 N–H and O–H groups in total. The minimum atomic E-state index is -0.285. The summed E-state index contributed by atoms with van der Waals surface area (Å²) < 4.78 is 4.97. The van der Waals surface area contributed by atoms with Gasteiger partial charge in [-0.2, -0.15) is 0 Å². The fourth-order valence-electron chi connectivity index (χ4n) is 2.02. The molecular formula is C11H18N2O3. The summed E-state index contributed by atoms with van der Waals surface area (Å²) in [4.78, 5) is 25.3. The molecule has 0 aromatic rings. The Bertz CT molecular complexity index is 289. The number of carbonyl (C=O) groups excluding carboxylic acids is 2. The second-order valence-electron chi connectivity index (χ2n) is 4.45. The van der Waals surface area contributed by atoms with Crippen molar-refractivity contribution in [3.05, 3.63) is 0 Å². The average Bonchev–Trinajstić information content (AvgIpc) is 3.08. The van der Waals surface area contributed by atoms with E-state index in [0.29, 0.717) is 32.0 Å². The van der Waals surface area contributed by atoms with Crippen LogP contribution in [0.25, 0.3) is 0 Å². The molecule has 0 radical (unpaired) electrons. The van der Waals surface area contributed by atoms with E-state index in [1.807, 2.05) is 0 Å². The molecule has 1 saturated carbocycles. The van der Waals surface area contributed by atoms with Crippen LogP contribution in [0, 0.1) is 5.92 Å². The maximum absolute atomic E-state index is 12.1. The smallest absolute Gasteiger partial charge is 0.245 e. The minimum absolute atomic E-state index is 0.00910. The second-order valence-corrected chi connectivity index (χ2v) is 4.45. The van der Waals surface area contributed by atoms with Gasteiger partial charge in [-0.3, -0.25) is 9.59 Å². The number of nitrogens with zero attached hydrogens (tertiary/aromatic N) is 1. The summed E-state index contributed by atoms with van der Waals surface area (Å²) in [5.41, 5.74) is 0. The predicted octanol–water partition coefficient (Wildman–Crippen LogP) is -0.240. The van der Waals surface area contributed by atoms with Crippen LogP contribution >= 0.6 is 0 Å². The Morgan fingerprint density at radius 2 is 2.19 bits per heavy atom. The highest BCUT2D eigenvalue weighted by atomic mass is 16.5. The van der Waals surface area contributed by atoms with E-state index >= 15 is 0 Å². The molecule has 0 aromatic heterocycles. The highest BCUT2D eigenvalue weighted by molar-refractivity contribution is 5.90. The zero-order valence-electron chi connectivity index (χ0n) is 9.57. The maximum Gasteiger partial charge on any atom is 0.245 e. The first kappa shape index (κ1) is 11.4. The first-order chi connectivity index (χ1) is 7.72. The summed E-state index contributed by atoms with van der Waals surface area (Å²) in [6.45, 7) is 1.61. The third-order valence-electron chi connectivity index (χ3n) is 3.16. The summed E-state index contributed by atoms with van der Waals surface area (Å²) in [5, 5.41) is 2.83. The first-order valence-electron chi connectivity index (χ1n) is 5.79. The molecule has 0 bridgehead atoms. The van der Waals surface area contributed by atoms with Crippen LogP contribution in [0.2, 0.25) is 0 Å². The standard InChI is InChI=1S/C11H18N2O3/c1-16-7-6-13-5-4-9(14)12-10(11(13)15)8-2-3-8/h8,10H,2-7H2,1H3,(H,12,14). The van der Waals surface area contributed by atoms with Crippen LogP contribution in [0.4, 0.5) is 0 Å². The monoisotopic (exact) mass is 226 g/mol. The van der Waals surface area contributed by atoms with Gasteiger partial charge >= 0.3 is 0 Å². The van der Waals surface area contributed by atoms with Crippen LogP contribution in [-0.2, 0) is 14.3 Å². The quantitative estimate of drug-likeness (QED) is 0.719. The van der Waals surface area contributed by atoms with Crippen LogP contribution in [0.3, 0.4) is 0 Å². The van der Waals surface area contributed by atoms with E-state index in [-0.39, 0.29) is 17.9 Å². The summed E-state index contributed by atoms with van der Waals surface area (Å²) >= 11 is 0. The number of methoxy groups -OCH3 is 1. The minimum Gasteiger partial charge on any atom is -0.383 e. The summed E-state index contributed by atoms with van der Waals surface area (Å²) in [7, 11) is 1.62. The predicted molar refractivity (Wildman–Crippen MR) is 57.7 cm³/mol. The van der Waals surface area contributed by atoms with Gasteiger partial charge in [0.05, 0.1) is 6.61 Å². The van der Waals surface area contributed by atoms with E-state index in [0.717, 1.165) is 12.8 Å². The molecular weight excluding hydrogens is 208 g/mol. The van der Waals surface area contributed by atoms with Gasteiger partial charge in [0.15, 0.2) is 0 Å². The van der Waals surface area contributed by atoms with Crippen molar-refractivity contribution in [3.8, 4) is 0 Å². The van der Waals surface area contributed by atoms with Crippen molar-refractivity contribution in [1.82, 2.24) is 10.2 Å². The summed E-state index contributed by atoms with van der Waals surface area (Å²) in [6.07, 6.45) is 2.50. The second kappa shape index (κ2) is 4.82. The van der Waals surface area contributed by atoms with E-state index in [4.69, 9.17) is 4.74 Å². The van der Waals surface area contributed by atoms with Crippen molar-refractivity contribution in [1.29, 1.82) is 0 Å². The molecule has 2 rings (SSSR count). The van der Waals surface area contributed by atoms with Crippen molar-refractivity contribution in [2.45, 2.75) is 25.3 Å². The Morgan fingerprint density at radius 1 is 1.44 bits per heavy atom. The Labute approximate surface area is 95.1 Å². The number of rotatable bonds is 4. The van der Waals surface area contributed by atoms with Crippen molar-refractivity contribution in [2.24, 2.45) is 5.92 Å². The Hall–Kier alpha value is -1.10. The fraction of sp³-hybridized carbons (Fsp3) is 0.818. The molecule has 0 spiro atoms. The number of amides is 2. The summed E-state index contributed by atoms with van der Waals surface area (Å²) in [6, 6.07) is -0.285. The Balaban J connectivity index is 2.01. The molecule has 16 heavy (non-hydrogen) atoms. The van der Waals surface area contributed by atoms with E-state index in [2.05, 4.69) is 5.32 Å². The fourth-order valence-corrected chi connectivity index (χ4v) is 2.02. The van der Waals surface area contributed by atoms with Crippen LogP contribution in [0.5, 0.6) is 0 Å². The molecule has 1 unspecified atom stereocenters. The normalized spacial score (nSPS) is 26.6. The molecule has 1 atom stereocenters. The molecule has 1 saturated heterocycles. The number of carbonyl (C=O) groups is 2. The SMILES string of the molecule is COCCN1CCC(=O)NC(C2CC2)C1=O. The summed E-state index contributed by atoms with van der Waals surface area (Å²) in [5.74, 6) is 0.412. The molecule has 90 valence electrons. The lowest BCUT2D eigenvalue weighted by Gasteiger charge is -2.23. The zero-order chi connectivity index (χ0) is 11.5. The van der Waals surface area contributed by atoms with Gasteiger partial charge in [0.1, 0.15) is 6.04 Å². The number of ether oxygens (including phenoxy) is 1. The zero-order valence-corrected chi connectivity index (χ0v) is 9.57. The molecule has 5 nitrogen and oxygen atoms in total. The van der Waals surface area contributed by atoms with Gasteiger partial charge < -0.3 is 15.0 Å². The molecule has 2 amide bonds. The van der Waals surface area contributed by atoms with Gasteiger partial charge in [-0.15, -0.1) is 0 Å². The Kier molecular flexibility index (Phi) is 3.43. The largest absolute Gasteiger partial charge is 0.383 e. The third-order valence-corrected chi connectivity index (χ3v) is 3.16. The van der Waals surface area contributed by atoms with E-state index in [1.165, 1.54) is 0 Å². The molecule has 2 aliphatic rings. The topological polar surface area (TPSA) is 58.6 Å². The van der Waals surface area contributed by atoms with Crippen LogP contribution in [0.1, 0.15) is 19.3 Å². The Morgan fingerprint density at radius 3 is 2.81 bits per heavy atom. The average molecular weight is 226 g/mol. The van der Waals surface area contributed by atoms with E-state index in [1.54, 1.807) is 12.0 Å². The molecule has 1 heterocycles. The molecule has 1 aliphatic carbocycles. The molecule has 5 heteroatoms. The van der Waals surface area contributed by atoms with Gasteiger partial charge in [0, 0.05) is 26.6 Å². The molecule has 2 fully saturated rings. The van der Waals surface area contributed by atoms with Crippen molar-refractivity contribution in [2.75, 3.05) is 26.8 Å². The van der Waals surface area contributed by atoms with Gasteiger partial charge in [0.25, 0.3) is 0 Å². The lowest BCUT2D eigenvalue weighted by Crippen LogP contribution is -2.46. The lowest BCUT2D eigenvalue weighted by atomic mass is 10.1. The van der Waals surface area contributed by atoms with E-state index < -0.39 is 0 Å². The van der Waals surface area contributed by atoms with Crippen LogP contribution in [-0.4, -0.2) is 49.6 Å². The van der Waals surface area contributed by atoms with Crippen molar-refractivity contribution in [3.63, 3.8) is 0 Å². The number of hydrogen-bond acceptors (Lipinski definition) is 3. The third kappa shape index (κ3) is 2.52. The van der Waals surface area contributed by atoms with Crippen LogP contribution in [0.15, 0.2) is 0 Å². The first-order valence-corrected chi connectivity index (χ1v) is 5.79.